The molecule has 0 spiro atoms. The first kappa shape index (κ1) is 15.3. The van der Waals surface area contributed by atoms with Gasteiger partial charge in [-0.3, -0.25) is 4.79 Å². The third kappa shape index (κ3) is 4.13. The van der Waals surface area contributed by atoms with Gasteiger partial charge in [-0.15, -0.1) is 0 Å². The molecule has 0 saturated carbocycles. The molecule has 1 rings (SSSR count). The van der Waals surface area contributed by atoms with Gasteiger partial charge in [0.2, 0.25) is 5.91 Å². The molecule has 1 atom stereocenters. The Labute approximate surface area is 114 Å². The van der Waals surface area contributed by atoms with Crippen LogP contribution in [0.4, 0.5) is 0 Å². The number of methoxy groups -OCH3 is 2. The quantitative estimate of drug-likeness (QED) is 0.771. The van der Waals surface area contributed by atoms with Crippen molar-refractivity contribution in [3.63, 3.8) is 0 Å². The van der Waals surface area contributed by atoms with Crippen LogP contribution in [0.5, 0.6) is 11.5 Å². The first-order valence-electron chi connectivity index (χ1n) is 6.34. The minimum Gasteiger partial charge on any atom is -0.497 e. The zero-order chi connectivity index (χ0) is 14.3. The average molecular weight is 266 g/mol. The van der Waals surface area contributed by atoms with Crippen molar-refractivity contribution in [3.05, 3.63) is 23.8 Å². The van der Waals surface area contributed by atoms with Gasteiger partial charge in [-0.2, -0.15) is 0 Å². The lowest BCUT2D eigenvalue weighted by molar-refractivity contribution is -0.124. The molecular formula is C14H22N2O3. The van der Waals surface area contributed by atoms with Gasteiger partial charge in [0.25, 0.3) is 0 Å². The molecule has 0 aliphatic carbocycles. The summed E-state index contributed by atoms with van der Waals surface area (Å²) in [5, 5.41) is 2.79. The van der Waals surface area contributed by atoms with Gasteiger partial charge in [0.1, 0.15) is 11.5 Å². The predicted molar refractivity (Wildman–Crippen MR) is 74.5 cm³/mol. The fourth-order valence-corrected chi connectivity index (χ4v) is 1.91. The van der Waals surface area contributed by atoms with E-state index in [9.17, 15) is 4.79 Å². The summed E-state index contributed by atoms with van der Waals surface area (Å²) in [5.74, 6) is 1.18. The smallest absolute Gasteiger partial charge is 0.224 e. The molecule has 0 bridgehead atoms. The predicted octanol–water partition coefficient (Wildman–Crippen LogP) is 0.957. The van der Waals surface area contributed by atoms with E-state index in [1.54, 1.807) is 14.2 Å². The highest BCUT2D eigenvalue weighted by molar-refractivity contribution is 5.79. The number of carbonyl (C=O) groups is 1. The molecule has 1 unspecified atom stereocenters. The summed E-state index contributed by atoms with van der Waals surface area (Å²) in [4.78, 5) is 11.9. The highest BCUT2D eigenvalue weighted by Crippen LogP contribution is 2.26. The fourth-order valence-electron chi connectivity index (χ4n) is 1.91. The maximum atomic E-state index is 11.9. The summed E-state index contributed by atoms with van der Waals surface area (Å²) >= 11 is 0. The van der Waals surface area contributed by atoms with Crippen LogP contribution in [0.3, 0.4) is 0 Å². The molecule has 1 aromatic carbocycles. The largest absolute Gasteiger partial charge is 0.497 e. The molecule has 0 radical (unpaired) electrons. The van der Waals surface area contributed by atoms with E-state index in [0.29, 0.717) is 19.5 Å². The Kier molecular flexibility index (Phi) is 6.15. The molecule has 1 amide bonds. The van der Waals surface area contributed by atoms with Gasteiger partial charge in [-0.25, -0.2) is 0 Å². The lowest BCUT2D eigenvalue weighted by Gasteiger charge is -2.16. The zero-order valence-corrected chi connectivity index (χ0v) is 11.7. The Balaban J connectivity index is 2.91. The molecule has 19 heavy (non-hydrogen) atoms. The van der Waals surface area contributed by atoms with Crippen molar-refractivity contribution in [1.29, 1.82) is 0 Å². The van der Waals surface area contributed by atoms with Crippen LogP contribution < -0.4 is 20.5 Å². The average Bonchev–Trinajstić information content (AvgIpc) is 2.44. The minimum absolute atomic E-state index is 0.0325. The van der Waals surface area contributed by atoms with Crippen molar-refractivity contribution in [2.24, 2.45) is 11.7 Å². The molecule has 1 aromatic rings. The van der Waals surface area contributed by atoms with E-state index in [2.05, 4.69) is 5.32 Å². The molecule has 5 nitrogen and oxygen atoms in total. The van der Waals surface area contributed by atoms with Crippen LogP contribution in [0, 0.1) is 5.92 Å². The van der Waals surface area contributed by atoms with Crippen molar-refractivity contribution in [3.8, 4) is 11.5 Å². The van der Waals surface area contributed by atoms with Crippen molar-refractivity contribution in [2.75, 3.05) is 27.3 Å². The van der Waals surface area contributed by atoms with Gasteiger partial charge >= 0.3 is 0 Å². The molecule has 0 saturated heterocycles. The second kappa shape index (κ2) is 7.63. The van der Waals surface area contributed by atoms with Gasteiger partial charge < -0.3 is 20.5 Å². The van der Waals surface area contributed by atoms with Crippen LogP contribution in [0.25, 0.3) is 0 Å². The number of nitrogens with one attached hydrogen (secondary N) is 1. The van der Waals surface area contributed by atoms with Crippen LogP contribution in [0.1, 0.15) is 12.5 Å². The first-order valence-corrected chi connectivity index (χ1v) is 6.34. The number of ether oxygens (including phenoxy) is 2. The number of hydrogen-bond acceptors (Lipinski definition) is 4. The summed E-state index contributed by atoms with van der Waals surface area (Å²) in [6.07, 6.45) is 0.530. The van der Waals surface area contributed by atoms with E-state index in [4.69, 9.17) is 15.2 Å². The number of amides is 1. The molecule has 5 heteroatoms. The minimum atomic E-state index is -0.263. The van der Waals surface area contributed by atoms with Crippen LogP contribution in [-0.2, 0) is 11.2 Å². The Morgan fingerprint density at radius 1 is 1.37 bits per heavy atom. The third-order valence-electron chi connectivity index (χ3n) is 2.96. The number of hydrogen-bond donors (Lipinski definition) is 2. The van der Waals surface area contributed by atoms with Crippen molar-refractivity contribution in [1.82, 2.24) is 5.32 Å². The molecule has 0 aliphatic heterocycles. The number of rotatable bonds is 7. The molecule has 0 fully saturated rings. The Morgan fingerprint density at radius 2 is 2.11 bits per heavy atom. The summed E-state index contributed by atoms with van der Waals surface area (Å²) in [6, 6.07) is 5.53. The monoisotopic (exact) mass is 266 g/mol. The van der Waals surface area contributed by atoms with Gasteiger partial charge in [0.05, 0.1) is 20.1 Å². The lowest BCUT2D eigenvalue weighted by Crippen LogP contribution is -2.36. The summed E-state index contributed by atoms with van der Waals surface area (Å²) < 4.78 is 10.5. The SMILES string of the molecule is CCNC(=O)C(CN)Cc1cc(OC)ccc1OC. The van der Waals surface area contributed by atoms with Crippen LogP contribution in [-0.4, -0.2) is 33.2 Å². The summed E-state index contributed by atoms with van der Waals surface area (Å²) in [5.41, 5.74) is 6.60. The zero-order valence-electron chi connectivity index (χ0n) is 11.7. The van der Waals surface area contributed by atoms with E-state index >= 15 is 0 Å². The van der Waals surface area contributed by atoms with E-state index in [1.807, 2.05) is 25.1 Å². The van der Waals surface area contributed by atoms with Crippen LogP contribution in [0.15, 0.2) is 18.2 Å². The van der Waals surface area contributed by atoms with Gasteiger partial charge in [-0.05, 0) is 37.1 Å². The van der Waals surface area contributed by atoms with E-state index < -0.39 is 0 Å². The first-order chi connectivity index (χ1) is 9.15. The highest BCUT2D eigenvalue weighted by atomic mass is 16.5. The molecular weight excluding hydrogens is 244 g/mol. The van der Waals surface area contributed by atoms with E-state index in [0.717, 1.165) is 17.1 Å². The second-order valence-corrected chi connectivity index (χ2v) is 4.21. The molecule has 3 N–H and O–H groups in total. The van der Waals surface area contributed by atoms with Crippen molar-refractivity contribution in [2.45, 2.75) is 13.3 Å². The Bertz CT molecular complexity index is 421. The third-order valence-corrected chi connectivity index (χ3v) is 2.96. The maximum Gasteiger partial charge on any atom is 0.224 e. The van der Waals surface area contributed by atoms with Crippen LogP contribution in [0.2, 0.25) is 0 Å². The molecule has 106 valence electrons. The van der Waals surface area contributed by atoms with E-state index in [1.165, 1.54) is 0 Å². The number of benzene rings is 1. The Morgan fingerprint density at radius 3 is 2.63 bits per heavy atom. The van der Waals surface area contributed by atoms with Crippen molar-refractivity contribution < 1.29 is 14.3 Å². The molecule has 0 heterocycles. The normalized spacial score (nSPS) is 11.8. The summed E-state index contributed by atoms with van der Waals surface area (Å²) in [7, 11) is 3.21. The standard InChI is InChI=1S/C14H22N2O3/c1-4-16-14(17)11(9-15)7-10-8-12(18-2)5-6-13(10)19-3/h5-6,8,11H,4,7,9,15H2,1-3H3,(H,16,17). The Hall–Kier alpha value is -1.75. The number of carbonyl (C=O) groups excluding carboxylic acids is 1. The molecule has 0 aromatic heterocycles. The topological polar surface area (TPSA) is 73.6 Å². The maximum absolute atomic E-state index is 11.9. The fraction of sp³-hybridized carbons (Fsp3) is 0.500. The van der Waals surface area contributed by atoms with Crippen molar-refractivity contribution >= 4 is 5.91 Å². The van der Waals surface area contributed by atoms with Gasteiger partial charge in [-0.1, -0.05) is 0 Å². The summed E-state index contributed by atoms with van der Waals surface area (Å²) in [6.45, 7) is 2.79. The van der Waals surface area contributed by atoms with E-state index in [-0.39, 0.29) is 11.8 Å². The number of nitrogens with two attached hydrogens (primary N) is 1. The van der Waals surface area contributed by atoms with Gasteiger partial charge in [0, 0.05) is 13.1 Å². The highest BCUT2D eigenvalue weighted by Gasteiger charge is 2.19. The van der Waals surface area contributed by atoms with Crippen LogP contribution >= 0.6 is 0 Å². The van der Waals surface area contributed by atoms with Gasteiger partial charge in [0.15, 0.2) is 0 Å². The second-order valence-electron chi connectivity index (χ2n) is 4.21. The lowest BCUT2D eigenvalue weighted by atomic mass is 9.97. The molecule has 0 aliphatic rings.